The first kappa shape index (κ1) is 14.6. The molecule has 0 aliphatic heterocycles. The van der Waals surface area contributed by atoms with Crippen LogP contribution in [0.3, 0.4) is 0 Å². The summed E-state index contributed by atoms with van der Waals surface area (Å²) in [4.78, 5) is 23.0. The van der Waals surface area contributed by atoms with Crippen molar-refractivity contribution < 1.29 is 23.5 Å². The van der Waals surface area contributed by atoms with E-state index < -0.39 is 17.6 Å². The molecular formula is C12H12BrFO4. The summed E-state index contributed by atoms with van der Waals surface area (Å²) in [6, 6.07) is 2.61. The lowest BCUT2D eigenvalue weighted by molar-refractivity contribution is -0.137. The Balaban J connectivity index is 3.15. The number of carbonyl (C=O) groups excluding carboxylic acids is 2. The highest BCUT2D eigenvalue weighted by Gasteiger charge is 2.24. The molecule has 0 spiro atoms. The Labute approximate surface area is 112 Å². The minimum Gasteiger partial charge on any atom is -0.491 e. The number of hydrogen-bond donors (Lipinski definition) is 0. The topological polar surface area (TPSA) is 52.6 Å². The molecule has 0 N–H and O–H groups in total. The van der Waals surface area contributed by atoms with Gasteiger partial charge in [0.15, 0.2) is 11.6 Å². The molecule has 0 saturated carbocycles. The average molecular weight is 319 g/mol. The van der Waals surface area contributed by atoms with E-state index in [1.54, 1.807) is 13.8 Å². The summed E-state index contributed by atoms with van der Waals surface area (Å²) < 4.78 is 23.9. The predicted molar refractivity (Wildman–Crippen MR) is 66.2 cm³/mol. The Morgan fingerprint density at radius 3 is 2.50 bits per heavy atom. The van der Waals surface area contributed by atoms with Crippen molar-refractivity contribution in [1.82, 2.24) is 0 Å². The summed E-state index contributed by atoms with van der Waals surface area (Å²) in [6.45, 7) is 3.56. The second-order valence-electron chi connectivity index (χ2n) is 3.25. The van der Waals surface area contributed by atoms with Crippen molar-refractivity contribution in [1.29, 1.82) is 0 Å². The van der Waals surface area contributed by atoms with Gasteiger partial charge in [0.05, 0.1) is 18.8 Å². The lowest BCUT2D eigenvalue weighted by atomic mass is 10.1. The average Bonchev–Trinajstić information content (AvgIpc) is 2.33. The highest BCUT2D eigenvalue weighted by atomic mass is 79.9. The summed E-state index contributed by atoms with van der Waals surface area (Å²) in [5, 5.41) is 0. The van der Waals surface area contributed by atoms with Crippen LogP contribution in [-0.2, 0) is 9.53 Å². The molecule has 0 fully saturated rings. The maximum absolute atomic E-state index is 13.9. The van der Waals surface area contributed by atoms with Gasteiger partial charge in [0.25, 0.3) is 5.78 Å². The van der Waals surface area contributed by atoms with Crippen LogP contribution in [0.15, 0.2) is 16.6 Å². The quantitative estimate of drug-likeness (QED) is 0.476. The number of ketones is 1. The molecule has 0 atom stereocenters. The Hall–Kier alpha value is -1.43. The monoisotopic (exact) mass is 318 g/mol. The van der Waals surface area contributed by atoms with Crippen LogP contribution in [0.2, 0.25) is 0 Å². The number of hydrogen-bond acceptors (Lipinski definition) is 4. The molecule has 0 aromatic heterocycles. The summed E-state index contributed by atoms with van der Waals surface area (Å²) in [6.07, 6.45) is 0. The molecule has 4 nitrogen and oxygen atoms in total. The van der Waals surface area contributed by atoms with Crippen LogP contribution in [0.25, 0.3) is 0 Å². The summed E-state index contributed by atoms with van der Waals surface area (Å²) in [5.74, 6) is -3.06. The van der Waals surface area contributed by atoms with Crippen LogP contribution in [0.4, 0.5) is 4.39 Å². The number of carbonyl (C=O) groups is 2. The van der Waals surface area contributed by atoms with E-state index >= 15 is 0 Å². The number of halogens is 2. The second kappa shape index (κ2) is 6.49. The molecule has 0 unspecified atom stereocenters. The van der Waals surface area contributed by atoms with Crippen LogP contribution in [0.5, 0.6) is 5.75 Å². The maximum Gasteiger partial charge on any atom is 0.379 e. The van der Waals surface area contributed by atoms with Crippen LogP contribution in [-0.4, -0.2) is 25.0 Å². The highest BCUT2D eigenvalue weighted by molar-refractivity contribution is 9.10. The van der Waals surface area contributed by atoms with E-state index in [9.17, 15) is 14.0 Å². The Morgan fingerprint density at radius 2 is 1.94 bits per heavy atom. The summed E-state index contributed by atoms with van der Waals surface area (Å²) in [7, 11) is 0. The van der Waals surface area contributed by atoms with Gasteiger partial charge in [-0.25, -0.2) is 9.18 Å². The zero-order valence-corrected chi connectivity index (χ0v) is 11.5. The lowest BCUT2D eigenvalue weighted by Crippen LogP contribution is -2.19. The van der Waals surface area contributed by atoms with E-state index in [4.69, 9.17) is 4.74 Å². The van der Waals surface area contributed by atoms with Crippen molar-refractivity contribution >= 4 is 27.7 Å². The molecule has 18 heavy (non-hydrogen) atoms. The van der Waals surface area contributed by atoms with Crippen molar-refractivity contribution in [3.05, 3.63) is 28.0 Å². The van der Waals surface area contributed by atoms with E-state index in [1.165, 1.54) is 12.1 Å². The smallest absolute Gasteiger partial charge is 0.379 e. The minimum absolute atomic E-state index is 0.0541. The molecule has 0 amide bonds. The SMILES string of the molecule is CCOC(=O)C(=O)c1cc(Br)cc(OCC)c1F. The van der Waals surface area contributed by atoms with Gasteiger partial charge in [-0.15, -0.1) is 0 Å². The van der Waals surface area contributed by atoms with E-state index in [0.717, 1.165) is 0 Å². The zero-order chi connectivity index (χ0) is 13.7. The van der Waals surface area contributed by atoms with Gasteiger partial charge in [0.2, 0.25) is 0 Å². The number of ether oxygens (including phenoxy) is 2. The van der Waals surface area contributed by atoms with Gasteiger partial charge in [-0.3, -0.25) is 4.79 Å². The molecule has 1 aromatic rings. The Bertz CT molecular complexity index is 473. The molecule has 0 aliphatic rings. The molecule has 1 rings (SSSR count). The van der Waals surface area contributed by atoms with E-state index in [2.05, 4.69) is 20.7 Å². The van der Waals surface area contributed by atoms with Crippen LogP contribution < -0.4 is 4.74 Å². The third-order valence-electron chi connectivity index (χ3n) is 2.01. The van der Waals surface area contributed by atoms with E-state index in [-0.39, 0.29) is 24.5 Å². The molecule has 0 aliphatic carbocycles. The van der Waals surface area contributed by atoms with E-state index in [0.29, 0.717) is 4.47 Å². The normalized spacial score (nSPS) is 10.0. The fourth-order valence-electron chi connectivity index (χ4n) is 1.30. The van der Waals surface area contributed by atoms with Crippen LogP contribution in [0.1, 0.15) is 24.2 Å². The van der Waals surface area contributed by atoms with Crippen molar-refractivity contribution in [2.45, 2.75) is 13.8 Å². The van der Waals surface area contributed by atoms with Crippen LogP contribution >= 0.6 is 15.9 Å². The maximum atomic E-state index is 13.9. The molecule has 98 valence electrons. The van der Waals surface area contributed by atoms with Crippen molar-refractivity contribution in [2.24, 2.45) is 0 Å². The van der Waals surface area contributed by atoms with Crippen molar-refractivity contribution in [2.75, 3.05) is 13.2 Å². The second-order valence-corrected chi connectivity index (χ2v) is 4.16. The first-order valence-electron chi connectivity index (χ1n) is 5.34. The number of Topliss-reactive ketones (excluding diaryl/α,β-unsaturated/α-hetero) is 1. The molecular weight excluding hydrogens is 307 g/mol. The van der Waals surface area contributed by atoms with Crippen LogP contribution in [0, 0.1) is 5.82 Å². The van der Waals surface area contributed by atoms with Gasteiger partial charge in [-0.05, 0) is 26.0 Å². The first-order valence-corrected chi connectivity index (χ1v) is 6.13. The van der Waals surface area contributed by atoms with Gasteiger partial charge in [-0.1, -0.05) is 15.9 Å². The largest absolute Gasteiger partial charge is 0.491 e. The highest BCUT2D eigenvalue weighted by Crippen LogP contribution is 2.27. The molecule has 0 bridgehead atoms. The number of benzene rings is 1. The molecule has 0 heterocycles. The van der Waals surface area contributed by atoms with Crippen molar-refractivity contribution in [3.63, 3.8) is 0 Å². The Morgan fingerprint density at radius 1 is 1.28 bits per heavy atom. The Kier molecular flexibility index (Phi) is 5.27. The fourth-order valence-corrected chi connectivity index (χ4v) is 1.73. The molecule has 0 radical (unpaired) electrons. The standard InChI is InChI=1S/C12H12BrFO4/c1-3-17-9-6-7(13)5-8(10(9)14)11(15)12(16)18-4-2/h5-6H,3-4H2,1-2H3. The number of rotatable bonds is 5. The third kappa shape index (κ3) is 3.29. The third-order valence-corrected chi connectivity index (χ3v) is 2.47. The first-order chi connectivity index (χ1) is 8.51. The molecule has 1 aromatic carbocycles. The fraction of sp³-hybridized carbons (Fsp3) is 0.333. The van der Waals surface area contributed by atoms with E-state index in [1.807, 2.05) is 0 Å². The minimum atomic E-state index is -1.09. The van der Waals surface area contributed by atoms with Gasteiger partial charge < -0.3 is 9.47 Å². The summed E-state index contributed by atoms with van der Waals surface area (Å²) >= 11 is 3.12. The summed E-state index contributed by atoms with van der Waals surface area (Å²) in [5.41, 5.74) is -0.369. The zero-order valence-electron chi connectivity index (χ0n) is 9.96. The van der Waals surface area contributed by atoms with Crippen molar-refractivity contribution in [3.8, 4) is 5.75 Å². The van der Waals surface area contributed by atoms with Gasteiger partial charge in [-0.2, -0.15) is 0 Å². The van der Waals surface area contributed by atoms with Gasteiger partial charge in [0.1, 0.15) is 0 Å². The predicted octanol–water partition coefficient (Wildman–Crippen LogP) is 2.73. The number of esters is 1. The molecule has 0 saturated heterocycles. The lowest BCUT2D eigenvalue weighted by Gasteiger charge is -2.09. The van der Waals surface area contributed by atoms with Gasteiger partial charge in [0, 0.05) is 4.47 Å². The van der Waals surface area contributed by atoms with Gasteiger partial charge >= 0.3 is 5.97 Å². The molecule has 6 heteroatoms.